The van der Waals surface area contributed by atoms with Crippen molar-refractivity contribution >= 4 is 11.5 Å². The average molecular weight is 284 g/mol. The second-order valence-corrected chi connectivity index (χ2v) is 6.12. The van der Waals surface area contributed by atoms with E-state index in [0.29, 0.717) is 11.7 Å². The molecule has 2 rings (SSSR count). The molecule has 0 radical (unpaired) electrons. The summed E-state index contributed by atoms with van der Waals surface area (Å²) in [7, 11) is 0. The molecule has 1 aromatic carbocycles. The maximum atomic E-state index is 12.2. The second kappa shape index (κ2) is 6.75. The van der Waals surface area contributed by atoms with Gasteiger partial charge >= 0.3 is 5.97 Å². The van der Waals surface area contributed by atoms with Crippen LogP contribution in [-0.4, -0.2) is 5.97 Å². The van der Waals surface area contributed by atoms with Crippen LogP contribution in [0, 0.1) is 11.8 Å². The normalized spacial score (nSPS) is 21.6. The van der Waals surface area contributed by atoms with Crippen molar-refractivity contribution in [3.05, 3.63) is 48.6 Å². The molecule has 1 saturated carbocycles. The van der Waals surface area contributed by atoms with Gasteiger partial charge in [-0.05, 0) is 63.1 Å². The molecule has 0 unspecified atom stereocenters. The second-order valence-electron chi connectivity index (χ2n) is 6.12. The molecule has 21 heavy (non-hydrogen) atoms. The van der Waals surface area contributed by atoms with Crippen molar-refractivity contribution < 1.29 is 9.53 Å². The highest BCUT2D eigenvalue weighted by molar-refractivity contribution is 5.75. The third-order valence-electron chi connectivity index (χ3n) is 4.32. The van der Waals surface area contributed by atoms with Gasteiger partial charge in [-0.1, -0.05) is 36.4 Å². The summed E-state index contributed by atoms with van der Waals surface area (Å²) in [6.45, 7) is 11.9. The van der Waals surface area contributed by atoms with Gasteiger partial charge < -0.3 is 4.74 Å². The van der Waals surface area contributed by atoms with Crippen molar-refractivity contribution in [2.75, 3.05) is 0 Å². The summed E-state index contributed by atoms with van der Waals surface area (Å²) in [6, 6.07) is 7.54. The Morgan fingerprint density at radius 2 is 1.52 bits per heavy atom. The van der Waals surface area contributed by atoms with Crippen LogP contribution < -0.4 is 4.74 Å². The van der Waals surface area contributed by atoms with E-state index in [9.17, 15) is 4.79 Å². The van der Waals surface area contributed by atoms with Crippen LogP contribution in [0.1, 0.15) is 45.1 Å². The van der Waals surface area contributed by atoms with Crippen molar-refractivity contribution in [2.24, 2.45) is 11.8 Å². The summed E-state index contributed by atoms with van der Waals surface area (Å²) in [5, 5.41) is 0. The van der Waals surface area contributed by atoms with Gasteiger partial charge in [-0.2, -0.15) is 0 Å². The average Bonchev–Trinajstić information content (AvgIpc) is 2.47. The predicted octanol–water partition coefficient (Wildman–Crippen LogP) is 5.01. The van der Waals surface area contributed by atoms with E-state index in [1.807, 2.05) is 31.2 Å². The summed E-state index contributed by atoms with van der Waals surface area (Å²) in [6.07, 6.45) is 3.90. The van der Waals surface area contributed by atoms with Crippen LogP contribution in [0.5, 0.6) is 5.75 Å². The molecular formula is C19H24O2. The van der Waals surface area contributed by atoms with Crippen molar-refractivity contribution in [1.29, 1.82) is 0 Å². The molecule has 1 aliphatic carbocycles. The first-order valence-corrected chi connectivity index (χ1v) is 7.60. The molecule has 0 heterocycles. The minimum atomic E-state index is -0.0989. The van der Waals surface area contributed by atoms with Crippen molar-refractivity contribution in [3.63, 3.8) is 0 Å². The Kier molecular flexibility index (Phi) is 5.00. The van der Waals surface area contributed by atoms with Gasteiger partial charge in [0.1, 0.15) is 5.75 Å². The lowest BCUT2D eigenvalue weighted by molar-refractivity contribution is -0.140. The van der Waals surface area contributed by atoms with Crippen LogP contribution in [-0.2, 0) is 4.79 Å². The van der Waals surface area contributed by atoms with Crippen molar-refractivity contribution in [3.8, 4) is 5.75 Å². The van der Waals surface area contributed by atoms with Gasteiger partial charge in [0.25, 0.3) is 0 Å². The van der Waals surface area contributed by atoms with Gasteiger partial charge in [-0.3, -0.25) is 4.79 Å². The monoisotopic (exact) mass is 284 g/mol. The molecule has 0 N–H and O–H groups in total. The lowest BCUT2D eigenvalue weighted by Gasteiger charge is -2.27. The standard InChI is InChI=1S/C19H24O2/c1-13(2)15-5-7-17(8-6-15)19(20)21-18-11-9-16(10-12-18)14(3)4/h9-12,15,17H,1,3,5-8H2,2,4H3. The van der Waals surface area contributed by atoms with E-state index in [1.165, 1.54) is 5.57 Å². The third kappa shape index (κ3) is 4.07. The molecule has 0 spiro atoms. The lowest BCUT2D eigenvalue weighted by atomic mass is 9.79. The van der Waals surface area contributed by atoms with E-state index in [4.69, 9.17) is 4.74 Å². The summed E-state index contributed by atoms with van der Waals surface area (Å²) >= 11 is 0. The zero-order chi connectivity index (χ0) is 15.4. The van der Waals surface area contributed by atoms with Crippen LogP contribution >= 0.6 is 0 Å². The van der Waals surface area contributed by atoms with Crippen LogP contribution in [0.2, 0.25) is 0 Å². The fourth-order valence-electron chi connectivity index (χ4n) is 2.83. The van der Waals surface area contributed by atoms with Crippen molar-refractivity contribution in [1.82, 2.24) is 0 Å². The van der Waals surface area contributed by atoms with E-state index in [0.717, 1.165) is 36.8 Å². The molecule has 0 atom stereocenters. The van der Waals surface area contributed by atoms with Gasteiger partial charge in [0.05, 0.1) is 5.92 Å². The Labute approximate surface area is 127 Å². The van der Waals surface area contributed by atoms with Gasteiger partial charge in [-0.15, -0.1) is 0 Å². The van der Waals surface area contributed by atoms with Gasteiger partial charge in [0, 0.05) is 0 Å². The Morgan fingerprint density at radius 3 is 2.00 bits per heavy atom. The topological polar surface area (TPSA) is 26.3 Å². The summed E-state index contributed by atoms with van der Waals surface area (Å²) in [5.74, 6) is 1.12. The zero-order valence-corrected chi connectivity index (χ0v) is 13.0. The molecule has 112 valence electrons. The third-order valence-corrected chi connectivity index (χ3v) is 4.32. The van der Waals surface area contributed by atoms with Crippen molar-refractivity contribution in [2.45, 2.75) is 39.5 Å². The van der Waals surface area contributed by atoms with E-state index in [1.54, 1.807) is 0 Å². The van der Waals surface area contributed by atoms with E-state index < -0.39 is 0 Å². The smallest absolute Gasteiger partial charge is 0.314 e. The molecule has 1 fully saturated rings. The number of carbonyl (C=O) groups is 1. The van der Waals surface area contributed by atoms with Gasteiger partial charge in [0.15, 0.2) is 0 Å². The fourth-order valence-corrected chi connectivity index (χ4v) is 2.83. The molecule has 2 nitrogen and oxygen atoms in total. The first-order valence-electron chi connectivity index (χ1n) is 7.60. The Balaban J connectivity index is 1.90. The number of hydrogen-bond acceptors (Lipinski definition) is 2. The molecule has 0 amide bonds. The molecule has 1 aromatic rings. The lowest BCUT2D eigenvalue weighted by Crippen LogP contribution is -2.25. The maximum absolute atomic E-state index is 12.2. The Morgan fingerprint density at radius 1 is 1.00 bits per heavy atom. The summed E-state index contributed by atoms with van der Waals surface area (Å²) in [5.41, 5.74) is 3.31. The largest absolute Gasteiger partial charge is 0.426 e. The van der Waals surface area contributed by atoms with E-state index in [2.05, 4.69) is 20.1 Å². The highest BCUT2D eigenvalue weighted by Crippen LogP contribution is 2.33. The quantitative estimate of drug-likeness (QED) is 0.441. The number of carbonyl (C=O) groups excluding carboxylic acids is 1. The minimum absolute atomic E-state index is 0.0291. The summed E-state index contributed by atoms with van der Waals surface area (Å²) in [4.78, 5) is 12.2. The molecule has 2 heteroatoms. The minimum Gasteiger partial charge on any atom is -0.426 e. The van der Waals surface area contributed by atoms with Crippen LogP contribution in [0.3, 0.4) is 0 Å². The number of hydrogen-bond donors (Lipinski definition) is 0. The number of benzene rings is 1. The maximum Gasteiger partial charge on any atom is 0.314 e. The van der Waals surface area contributed by atoms with Crippen LogP contribution in [0.15, 0.2) is 43.0 Å². The SMILES string of the molecule is C=C(C)c1ccc(OC(=O)C2CCC(C(=C)C)CC2)cc1. The van der Waals surface area contributed by atoms with E-state index in [-0.39, 0.29) is 11.9 Å². The predicted molar refractivity (Wildman–Crippen MR) is 87.0 cm³/mol. The number of esters is 1. The Bertz CT molecular complexity index is 531. The Hall–Kier alpha value is -1.83. The first-order chi connectivity index (χ1) is 9.97. The summed E-state index contributed by atoms with van der Waals surface area (Å²) < 4.78 is 5.49. The van der Waals surface area contributed by atoms with Crippen LogP contribution in [0.25, 0.3) is 5.57 Å². The van der Waals surface area contributed by atoms with Gasteiger partial charge in [-0.25, -0.2) is 0 Å². The molecule has 0 saturated heterocycles. The molecular weight excluding hydrogens is 260 g/mol. The molecule has 0 bridgehead atoms. The van der Waals surface area contributed by atoms with Crippen LogP contribution in [0.4, 0.5) is 0 Å². The molecule has 1 aliphatic rings. The molecule has 0 aliphatic heterocycles. The molecule has 0 aromatic heterocycles. The fraction of sp³-hybridized carbons (Fsp3) is 0.421. The highest BCUT2D eigenvalue weighted by Gasteiger charge is 2.27. The zero-order valence-electron chi connectivity index (χ0n) is 13.0. The number of allylic oxidation sites excluding steroid dienone is 2. The van der Waals surface area contributed by atoms with E-state index >= 15 is 0 Å². The number of rotatable bonds is 4. The highest BCUT2D eigenvalue weighted by atomic mass is 16.5. The number of ether oxygens (including phenoxy) is 1. The first kappa shape index (κ1) is 15.6. The van der Waals surface area contributed by atoms with Gasteiger partial charge in [0.2, 0.25) is 0 Å².